The van der Waals surface area contributed by atoms with Crippen LogP contribution in [0.15, 0.2) is 30.3 Å². The van der Waals surface area contributed by atoms with Crippen LogP contribution < -0.4 is 10.6 Å². The lowest BCUT2D eigenvalue weighted by atomic mass is 9.81. The van der Waals surface area contributed by atoms with Crippen molar-refractivity contribution in [1.29, 1.82) is 0 Å². The first-order chi connectivity index (χ1) is 10.2. The van der Waals surface area contributed by atoms with Crippen LogP contribution in [0.4, 0.5) is 4.79 Å². The van der Waals surface area contributed by atoms with E-state index in [1.165, 1.54) is 5.56 Å². The molecule has 1 aromatic rings. The molecular weight excluding hydrogens is 262 g/mol. The summed E-state index contributed by atoms with van der Waals surface area (Å²) in [6.07, 6.45) is 4.02. The fraction of sp³-hybridized carbons (Fsp3) is 0.588. The molecule has 2 rings (SSSR count). The van der Waals surface area contributed by atoms with Crippen molar-refractivity contribution >= 4 is 6.03 Å². The number of unbranched alkanes of at least 4 members (excludes halogenated alkanes) is 1. The molecule has 1 heterocycles. The molecule has 1 saturated heterocycles. The Bertz CT molecular complexity index is 439. The minimum absolute atomic E-state index is 0.0446. The number of urea groups is 1. The first-order valence-electron chi connectivity index (χ1n) is 7.96. The van der Waals surface area contributed by atoms with Crippen LogP contribution in [-0.4, -0.2) is 37.6 Å². The fourth-order valence-electron chi connectivity index (χ4n) is 2.88. The van der Waals surface area contributed by atoms with Crippen molar-refractivity contribution in [3.63, 3.8) is 0 Å². The number of benzene rings is 1. The zero-order valence-corrected chi connectivity index (χ0v) is 13.2. The lowest BCUT2D eigenvalue weighted by molar-refractivity contribution is 0.156. The number of likely N-dealkylation sites (tertiary alicyclic amines) is 1. The zero-order valence-electron chi connectivity index (χ0n) is 13.2. The highest BCUT2D eigenvalue weighted by Gasteiger charge is 2.36. The molecule has 1 aliphatic rings. The molecule has 0 unspecified atom stereocenters. The molecule has 0 atom stereocenters. The third kappa shape index (κ3) is 4.21. The van der Waals surface area contributed by atoms with Crippen LogP contribution in [0.3, 0.4) is 0 Å². The second kappa shape index (κ2) is 7.46. The van der Waals surface area contributed by atoms with E-state index >= 15 is 0 Å². The standard InChI is InChI=1S/C17H27N3O/c1-3-4-12-18-16(21)19-17(10-13-20(2)14-11-17)15-8-6-5-7-9-15/h5-9H,3-4,10-14H2,1-2H3,(H2,18,19,21). The second-order valence-electron chi connectivity index (χ2n) is 5.99. The first-order valence-corrected chi connectivity index (χ1v) is 7.96. The van der Waals surface area contributed by atoms with Gasteiger partial charge in [0.05, 0.1) is 5.54 Å². The maximum Gasteiger partial charge on any atom is 0.315 e. The Kier molecular flexibility index (Phi) is 5.62. The van der Waals surface area contributed by atoms with Gasteiger partial charge >= 0.3 is 6.03 Å². The molecule has 0 bridgehead atoms. The van der Waals surface area contributed by atoms with Gasteiger partial charge in [-0.3, -0.25) is 0 Å². The van der Waals surface area contributed by atoms with E-state index in [1.807, 2.05) is 18.2 Å². The van der Waals surface area contributed by atoms with Crippen LogP contribution >= 0.6 is 0 Å². The molecule has 0 spiro atoms. The molecule has 21 heavy (non-hydrogen) atoms. The molecule has 2 amide bonds. The van der Waals surface area contributed by atoms with Gasteiger partial charge in [0, 0.05) is 19.6 Å². The van der Waals surface area contributed by atoms with E-state index in [4.69, 9.17) is 0 Å². The number of piperidine rings is 1. The maximum absolute atomic E-state index is 12.2. The third-order valence-corrected chi connectivity index (χ3v) is 4.34. The lowest BCUT2D eigenvalue weighted by Crippen LogP contribution is -2.55. The largest absolute Gasteiger partial charge is 0.338 e. The fourth-order valence-corrected chi connectivity index (χ4v) is 2.88. The first kappa shape index (κ1) is 15.8. The van der Waals surface area contributed by atoms with Crippen molar-refractivity contribution in [2.75, 3.05) is 26.7 Å². The monoisotopic (exact) mass is 289 g/mol. The molecule has 1 fully saturated rings. The van der Waals surface area contributed by atoms with Crippen LogP contribution in [-0.2, 0) is 5.54 Å². The lowest BCUT2D eigenvalue weighted by Gasteiger charge is -2.41. The molecule has 1 aromatic carbocycles. The van der Waals surface area contributed by atoms with Crippen molar-refractivity contribution in [1.82, 2.24) is 15.5 Å². The van der Waals surface area contributed by atoms with E-state index in [-0.39, 0.29) is 11.6 Å². The van der Waals surface area contributed by atoms with E-state index in [2.05, 4.69) is 41.6 Å². The summed E-state index contributed by atoms with van der Waals surface area (Å²) < 4.78 is 0. The topological polar surface area (TPSA) is 44.4 Å². The van der Waals surface area contributed by atoms with Crippen molar-refractivity contribution in [3.8, 4) is 0 Å². The number of hydrogen-bond acceptors (Lipinski definition) is 2. The van der Waals surface area contributed by atoms with Crippen LogP contribution in [0.1, 0.15) is 38.2 Å². The molecule has 0 aromatic heterocycles. The maximum atomic E-state index is 12.2. The highest BCUT2D eigenvalue weighted by atomic mass is 16.2. The molecule has 0 radical (unpaired) electrons. The number of carbonyl (C=O) groups excluding carboxylic acids is 1. The van der Waals surface area contributed by atoms with Gasteiger partial charge in [0.2, 0.25) is 0 Å². The van der Waals surface area contributed by atoms with E-state index in [0.717, 1.165) is 45.3 Å². The van der Waals surface area contributed by atoms with Crippen molar-refractivity contribution in [2.24, 2.45) is 0 Å². The molecule has 4 heteroatoms. The highest BCUT2D eigenvalue weighted by molar-refractivity contribution is 5.75. The van der Waals surface area contributed by atoms with E-state index in [0.29, 0.717) is 0 Å². The summed E-state index contributed by atoms with van der Waals surface area (Å²) in [6.45, 7) is 4.88. The van der Waals surface area contributed by atoms with Gasteiger partial charge in [-0.1, -0.05) is 43.7 Å². The van der Waals surface area contributed by atoms with Gasteiger partial charge in [-0.15, -0.1) is 0 Å². The van der Waals surface area contributed by atoms with E-state index < -0.39 is 0 Å². The number of nitrogens with one attached hydrogen (secondary N) is 2. The molecule has 0 aliphatic carbocycles. The van der Waals surface area contributed by atoms with E-state index in [9.17, 15) is 4.79 Å². The minimum atomic E-state index is -0.232. The predicted molar refractivity (Wildman–Crippen MR) is 86.3 cm³/mol. The molecule has 4 nitrogen and oxygen atoms in total. The van der Waals surface area contributed by atoms with Crippen molar-refractivity contribution in [3.05, 3.63) is 35.9 Å². The van der Waals surface area contributed by atoms with Crippen molar-refractivity contribution in [2.45, 2.75) is 38.1 Å². The number of hydrogen-bond donors (Lipinski definition) is 2. The average Bonchev–Trinajstić information content (AvgIpc) is 2.51. The Hall–Kier alpha value is -1.55. The van der Waals surface area contributed by atoms with Crippen LogP contribution in [0.25, 0.3) is 0 Å². The Morgan fingerprint density at radius 2 is 1.90 bits per heavy atom. The van der Waals surface area contributed by atoms with Gasteiger partial charge in [0.1, 0.15) is 0 Å². The molecule has 1 aliphatic heterocycles. The summed E-state index contributed by atoms with van der Waals surface area (Å²) in [6, 6.07) is 10.3. The average molecular weight is 289 g/mol. The van der Waals surface area contributed by atoms with Crippen LogP contribution in [0.2, 0.25) is 0 Å². The zero-order chi connectivity index (χ0) is 15.1. The smallest absolute Gasteiger partial charge is 0.315 e. The third-order valence-electron chi connectivity index (χ3n) is 4.34. The van der Waals surface area contributed by atoms with Gasteiger partial charge < -0.3 is 15.5 Å². The molecule has 0 saturated carbocycles. The SMILES string of the molecule is CCCCNC(=O)NC1(c2ccccc2)CCN(C)CC1. The Morgan fingerprint density at radius 3 is 2.52 bits per heavy atom. The number of carbonyl (C=O) groups is 1. The van der Waals surface area contributed by atoms with Gasteiger partial charge in [-0.2, -0.15) is 0 Å². The number of rotatable bonds is 5. The highest BCUT2D eigenvalue weighted by Crippen LogP contribution is 2.32. The van der Waals surface area contributed by atoms with Gasteiger partial charge in [-0.05, 0) is 31.9 Å². The van der Waals surface area contributed by atoms with Crippen LogP contribution in [0.5, 0.6) is 0 Å². The molecule has 116 valence electrons. The van der Waals surface area contributed by atoms with E-state index in [1.54, 1.807) is 0 Å². The summed E-state index contributed by atoms with van der Waals surface area (Å²) >= 11 is 0. The normalized spacial score (nSPS) is 18.2. The van der Waals surface area contributed by atoms with Gasteiger partial charge in [-0.25, -0.2) is 4.79 Å². The second-order valence-corrected chi connectivity index (χ2v) is 5.99. The van der Waals surface area contributed by atoms with Gasteiger partial charge in [0.25, 0.3) is 0 Å². The predicted octanol–water partition coefficient (Wildman–Crippen LogP) is 2.71. The Balaban J connectivity index is 2.08. The Morgan fingerprint density at radius 1 is 1.24 bits per heavy atom. The number of amides is 2. The Labute approximate surface area is 127 Å². The number of nitrogens with zero attached hydrogens (tertiary/aromatic N) is 1. The summed E-state index contributed by atoms with van der Waals surface area (Å²) in [5.74, 6) is 0. The molecular formula is C17H27N3O. The summed E-state index contributed by atoms with van der Waals surface area (Å²) in [5.41, 5.74) is 0.980. The van der Waals surface area contributed by atoms with Gasteiger partial charge in [0.15, 0.2) is 0 Å². The quantitative estimate of drug-likeness (QED) is 0.819. The van der Waals surface area contributed by atoms with Crippen LogP contribution in [0, 0.1) is 0 Å². The minimum Gasteiger partial charge on any atom is -0.338 e. The molecule has 2 N–H and O–H groups in total. The van der Waals surface area contributed by atoms with Crippen molar-refractivity contribution < 1.29 is 4.79 Å². The summed E-state index contributed by atoms with van der Waals surface area (Å²) in [7, 11) is 2.14. The summed E-state index contributed by atoms with van der Waals surface area (Å²) in [5, 5.41) is 6.22. The summed E-state index contributed by atoms with van der Waals surface area (Å²) in [4.78, 5) is 14.5.